The van der Waals surface area contributed by atoms with Crippen molar-refractivity contribution in [1.82, 2.24) is 9.88 Å². The van der Waals surface area contributed by atoms with Gasteiger partial charge in [-0.2, -0.15) is 0 Å². The molecule has 6 nitrogen and oxygen atoms in total. The van der Waals surface area contributed by atoms with E-state index in [-0.39, 0.29) is 23.5 Å². The van der Waals surface area contributed by atoms with E-state index in [1.54, 1.807) is 12.1 Å². The summed E-state index contributed by atoms with van der Waals surface area (Å²) >= 11 is 0. The lowest BCUT2D eigenvalue weighted by molar-refractivity contribution is 0.0943. The molecule has 26 heavy (non-hydrogen) atoms. The van der Waals surface area contributed by atoms with Crippen molar-refractivity contribution in [3.8, 4) is 5.75 Å². The SMILES string of the molecule is C[C@@H]1CCc2cc(F)cc3c(O)c(C(=O)NCc4ccco4)c(=O)n1c23. The third-order valence-electron chi connectivity index (χ3n) is 4.82. The first-order valence-corrected chi connectivity index (χ1v) is 8.37. The Morgan fingerprint density at radius 2 is 2.27 bits per heavy atom. The number of aromatic nitrogens is 1. The van der Waals surface area contributed by atoms with Gasteiger partial charge in [0.1, 0.15) is 22.9 Å². The smallest absolute Gasteiger partial charge is 0.267 e. The van der Waals surface area contributed by atoms with E-state index in [0.717, 1.165) is 6.07 Å². The van der Waals surface area contributed by atoms with Crippen molar-refractivity contribution >= 4 is 16.8 Å². The molecule has 1 aliphatic heterocycles. The molecule has 1 aromatic carbocycles. The van der Waals surface area contributed by atoms with Gasteiger partial charge >= 0.3 is 0 Å². The van der Waals surface area contributed by atoms with Crippen LogP contribution in [0, 0.1) is 5.82 Å². The maximum atomic E-state index is 14.0. The van der Waals surface area contributed by atoms with Gasteiger partial charge in [-0.15, -0.1) is 0 Å². The van der Waals surface area contributed by atoms with Crippen molar-refractivity contribution in [2.45, 2.75) is 32.4 Å². The lowest BCUT2D eigenvalue weighted by Gasteiger charge is -2.26. The van der Waals surface area contributed by atoms with Gasteiger partial charge < -0.3 is 19.4 Å². The fourth-order valence-corrected chi connectivity index (χ4v) is 3.56. The number of aryl methyl sites for hydroxylation is 1. The van der Waals surface area contributed by atoms with Crippen LogP contribution in [-0.4, -0.2) is 15.6 Å². The molecule has 7 heteroatoms. The molecule has 1 aliphatic rings. The Bertz CT molecular complexity index is 1070. The third-order valence-corrected chi connectivity index (χ3v) is 4.82. The van der Waals surface area contributed by atoms with E-state index < -0.39 is 23.0 Å². The molecule has 134 valence electrons. The maximum Gasteiger partial charge on any atom is 0.267 e. The third kappa shape index (κ3) is 2.47. The molecule has 0 bridgehead atoms. The largest absolute Gasteiger partial charge is 0.506 e. The van der Waals surface area contributed by atoms with E-state index in [2.05, 4.69) is 5.32 Å². The fourth-order valence-electron chi connectivity index (χ4n) is 3.56. The van der Waals surface area contributed by atoms with Crippen molar-refractivity contribution in [1.29, 1.82) is 0 Å². The second kappa shape index (κ2) is 6.01. The summed E-state index contributed by atoms with van der Waals surface area (Å²) in [5.74, 6) is -1.21. The summed E-state index contributed by atoms with van der Waals surface area (Å²) < 4.78 is 20.6. The molecule has 0 saturated carbocycles. The highest BCUT2D eigenvalue weighted by Crippen LogP contribution is 2.35. The molecule has 0 unspecified atom stereocenters. The molecular formula is C19H17FN2O4. The van der Waals surface area contributed by atoms with Crippen LogP contribution in [0.3, 0.4) is 0 Å². The standard InChI is InChI=1S/C19H17FN2O4/c1-10-4-5-11-7-12(20)8-14-16(11)22(10)19(25)15(17(14)23)18(24)21-9-13-3-2-6-26-13/h2-3,6-8,10,23H,4-5,9H2,1H3,(H,21,24)/t10-/m1/s1. The molecule has 0 aliphatic carbocycles. The highest BCUT2D eigenvalue weighted by Gasteiger charge is 2.28. The number of hydrogen-bond donors (Lipinski definition) is 2. The number of aromatic hydroxyl groups is 1. The Labute approximate surface area is 147 Å². The molecule has 0 fully saturated rings. The molecule has 0 radical (unpaired) electrons. The Balaban J connectivity index is 1.88. The monoisotopic (exact) mass is 356 g/mol. The molecule has 3 heterocycles. The van der Waals surface area contributed by atoms with Crippen molar-refractivity contribution in [2.75, 3.05) is 0 Å². The number of amides is 1. The zero-order chi connectivity index (χ0) is 18.4. The lowest BCUT2D eigenvalue weighted by atomic mass is 9.95. The first-order chi connectivity index (χ1) is 12.5. The average molecular weight is 356 g/mol. The van der Waals surface area contributed by atoms with Gasteiger partial charge in [0.2, 0.25) is 0 Å². The Morgan fingerprint density at radius 3 is 3.00 bits per heavy atom. The Morgan fingerprint density at radius 1 is 1.46 bits per heavy atom. The summed E-state index contributed by atoms with van der Waals surface area (Å²) in [7, 11) is 0. The number of pyridine rings is 1. The second-order valence-corrected chi connectivity index (χ2v) is 6.51. The number of nitrogens with one attached hydrogen (secondary N) is 1. The summed E-state index contributed by atoms with van der Waals surface area (Å²) in [4.78, 5) is 25.5. The predicted molar refractivity (Wildman–Crippen MR) is 92.7 cm³/mol. The zero-order valence-corrected chi connectivity index (χ0v) is 14.1. The fraction of sp³-hybridized carbons (Fsp3) is 0.263. The summed E-state index contributed by atoms with van der Waals surface area (Å²) in [5, 5.41) is 13.3. The van der Waals surface area contributed by atoms with Crippen molar-refractivity contribution < 1.29 is 18.7 Å². The van der Waals surface area contributed by atoms with Crippen LogP contribution < -0.4 is 10.9 Å². The average Bonchev–Trinajstić information content (AvgIpc) is 3.12. The predicted octanol–water partition coefficient (Wildman–Crippen LogP) is 2.88. The van der Waals surface area contributed by atoms with Crippen LogP contribution in [0.15, 0.2) is 39.7 Å². The molecule has 0 saturated heterocycles. The summed E-state index contributed by atoms with van der Waals surface area (Å²) in [6.45, 7) is 1.95. The van der Waals surface area contributed by atoms with E-state index >= 15 is 0 Å². The highest BCUT2D eigenvalue weighted by atomic mass is 19.1. The molecule has 0 spiro atoms. The van der Waals surface area contributed by atoms with Gasteiger partial charge in [0.15, 0.2) is 0 Å². The number of halogens is 1. The van der Waals surface area contributed by atoms with Crippen LogP contribution in [0.2, 0.25) is 0 Å². The Hall–Kier alpha value is -3.09. The van der Waals surface area contributed by atoms with Gasteiger partial charge in [-0.05, 0) is 49.6 Å². The Kier molecular flexibility index (Phi) is 3.79. The van der Waals surface area contributed by atoms with Crippen molar-refractivity contribution in [2.24, 2.45) is 0 Å². The highest BCUT2D eigenvalue weighted by molar-refractivity contribution is 6.03. The number of nitrogens with zero attached hydrogens (tertiary/aromatic N) is 1. The van der Waals surface area contributed by atoms with E-state index in [1.807, 2.05) is 6.92 Å². The minimum absolute atomic E-state index is 0.0761. The first kappa shape index (κ1) is 16.4. The molecule has 4 rings (SSSR count). The minimum atomic E-state index is -0.724. The number of hydrogen-bond acceptors (Lipinski definition) is 4. The molecule has 2 N–H and O–H groups in total. The molecule has 2 aromatic heterocycles. The zero-order valence-electron chi connectivity index (χ0n) is 14.1. The van der Waals surface area contributed by atoms with Crippen LogP contribution in [-0.2, 0) is 13.0 Å². The lowest BCUT2D eigenvalue weighted by Crippen LogP contribution is -2.35. The van der Waals surface area contributed by atoms with Crippen LogP contribution in [0.4, 0.5) is 4.39 Å². The minimum Gasteiger partial charge on any atom is -0.506 e. The van der Waals surface area contributed by atoms with E-state index in [0.29, 0.717) is 29.7 Å². The van der Waals surface area contributed by atoms with Gasteiger partial charge in [-0.1, -0.05) is 0 Å². The van der Waals surface area contributed by atoms with Crippen LogP contribution in [0.1, 0.15) is 41.1 Å². The number of carbonyl (C=O) groups is 1. The topological polar surface area (TPSA) is 84.5 Å². The second-order valence-electron chi connectivity index (χ2n) is 6.51. The quantitative estimate of drug-likeness (QED) is 0.756. The van der Waals surface area contributed by atoms with Crippen LogP contribution in [0.25, 0.3) is 10.9 Å². The molecular weight excluding hydrogens is 339 g/mol. The van der Waals surface area contributed by atoms with Crippen LogP contribution >= 0.6 is 0 Å². The van der Waals surface area contributed by atoms with Gasteiger partial charge in [0, 0.05) is 11.4 Å². The molecule has 3 aromatic rings. The molecule has 1 amide bonds. The normalized spacial score (nSPS) is 16.0. The summed E-state index contributed by atoms with van der Waals surface area (Å²) in [6, 6.07) is 5.74. The van der Waals surface area contributed by atoms with Crippen molar-refractivity contribution in [3.63, 3.8) is 0 Å². The number of carbonyl (C=O) groups excluding carboxylic acids is 1. The first-order valence-electron chi connectivity index (χ1n) is 8.37. The maximum absolute atomic E-state index is 14.0. The van der Waals surface area contributed by atoms with Gasteiger partial charge in [0.05, 0.1) is 18.3 Å². The van der Waals surface area contributed by atoms with E-state index in [1.165, 1.54) is 16.9 Å². The van der Waals surface area contributed by atoms with E-state index in [4.69, 9.17) is 4.42 Å². The van der Waals surface area contributed by atoms with Gasteiger partial charge in [0.25, 0.3) is 11.5 Å². The summed E-state index contributed by atoms with van der Waals surface area (Å²) in [5.41, 5.74) is 0.199. The number of benzene rings is 1. The van der Waals surface area contributed by atoms with Crippen molar-refractivity contribution in [3.05, 3.63) is 63.6 Å². The van der Waals surface area contributed by atoms with Gasteiger partial charge in [-0.3, -0.25) is 9.59 Å². The molecule has 1 atom stereocenters. The summed E-state index contributed by atoms with van der Waals surface area (Å²) in [6.07, 6.45) is 2.74. The number of furan rings is 1. The number of rotatable bonds is 3. The van der Waals surface area contributed by atoms with Crippen LogP contribution in [0.5, 0.6) is 5.75 Å². The van der Waals surface area contributed by atoms with E-state index in [9.17, 15) is 19.1 Å². The van der Waals surface area contributed by atoms with Gasteiger partial charge in [-0.25, -0.2) is 4.39 Å².